The van der Waals surface area contributed by atoms with Crippen LogP contribution in [0.2, 0.25) is 0 Å². The first-order chi connectivity index (χ1) is 18.2. The Bertz CT molecular complexity index is 1270. The molecule has 202 valence electrons. The van der Waals surface area contributed by atoms with E-state index < -0.39 is 18.2 Å². The van der Waals surface area contributed by atoms with E-state index >= 15 is 0 Å². The number of rotatable bonds is 11. The van der Waals surface area contributed by atoms with E-state index in [2.05, 4.69) is 10.1 Å². The lowest BCUT2D eigenvalue weighted by molar-refractivity contribution is -0.143. The summed E-state index contributed by atoms with van der Waals surface area (Å²) in [7, 11) is 1.24. The summed E-state index contributed by atoms with van der Waals surface area (Å²) in [5.74, 6) is -1.27. The number of carbonyl (C=O) groups excluding carboxylic acids is 2. The third-order valence-corrected chi connectivity index (χ3v) is 6.23. The van der Waals surface area contributed by atoms with Gasteiger partial charge in [-0.25, -0.2) is 4.39 Å². The largest absolute Gasteiger partial charge is 0.469 e. The van der Waals surface area contributed by atoms with Crippen molar-refractivity contribution in [2.45, 2.75) is 58.3 Å². The molecule has 7 nitrogen and oxygen atoms in total. The lowest BCUT2D eigenvalue weighted by Gasteiger charge is -2.14. The molecule has 0 bridgehead atoms. The quantitative estimate of drug-likeness (QED) is 0.294. The molecule has 0 saturated heterocycles. The van der Waals surface area contributed by atoms with E-state index in [1.165, 1.54) is 25.3 Å². The molecule has 3 aromatic rings. The van der Waals surface area contributed by atoms with Crippen LogP contribution in [-0.2, 0) is 16.1 Å². The molecule has 0 fully saturated rings. The maximum absolute atomic E-state index is 13.8. The Morgan fingerprint density at radius 1 is 1.08 bits per heavy atom. The molecular formula is C30H35FN2O5. The zero-order valence-corrected chi connectivity index (χ0v) is 22.1. The molecule has 38 heavy (non-hydrogen) atoms. The second-order valence-corrected chi connectivity index (χ2v) is 9.34. The minimum absolute atomic E-state index is 0.0571. The fourth-order valence-electron chi connectivity index (χ4n) is 4.52. The number of esters is 1. The highest BCUT2D eigenvalue weighted by Crippen LogP contribution is 2.39. The molecule has 2 aromatic carbocycles. The van der Waals surface area contributed by atoms with Gasteiger partial charge >= 0.3 is 5.97 Å². The van der Waals surface area contributed by atoms with Crippen molar-refractivity contribution < 1.29 is 28.9 Å². The molecule has 2 unspecified atom stereocenters. The molecule has 0 aliphatic heterocycles. The second kappa shape index (κ2) is 13.2. The molecule has 1 aromatic heterocycles. The van der Waals surface area contributed by atoms with Crippen molar-refractivity contribution in [2.75, 3.05) is 12.4 Å². The number of hydrogen-bond donors (Lipinski definition) is 3. The Labute approximate surface area is 222 Å². The highest BCUT2D eigenvalue weighted by molar-refractivity contribution is 6.06. The number of para-hydroxylation sites is 1. The van der Waals surface area contributed by atoms with Gasteiger partial charge in [-0.15, -0.1) is 0 Å². The van der Waals surface area contributed by atoms with Crippen LogP contribution >= 0.6 is 0 Å². The molecule has 8 heteroatoms. The molecule has 1 amide bonds. The summed E-state index contributed by atoms with van der Waals surface area (Å²) in [5.41, 5.74) is 4.10. The fourth-order valence-corrected chi connectivity index (χ4v) is 4.52. The first-order valence-corrected chi connectivity index (χ1v) is 12.7. The Hall–Kier alpha value is -3.75. The zero-order chi connectivity index (χ0) is 27.8. The van der Waals surface area contributed by atoms with Gasteiger partial charge < -0.3 is 24.8 Å². The van der Waals surface area contributed by atoms with Crippen molar-refractivity contribution in [1.29, 1.82) is 0 Å². The van der Waals surface area contributed by atoms with Gasteiger partial charge in [-0.2, -0.15) is 0 Å². The number of aliphatic hydroxyl groups excluding tert-OH is 2. The molecular weight excluding hydrogens is 487 g/mol. The summed E-state index contributed by atoms with van der Waals surface area (Å²) >= 11 is 0. The summed E-state index contributed by atoms with van der Waals surface area (Å²) in [6, 6.07) is 15.3. The van der Waals surface area contributed by atoms with Crippen molar-refractivity contribution in [2.24, 2.45) is 0 Å². The van der Waals surface area contributed by atoms with Gasteiger partial charge in [0.1, 0.15) is 11.5 Å². The van der Waals surface area contributed by atoms with E-state index in [-0.39, 0.29) is 30.5 Å². The number of amides is 1. The number of halogens is 1. The number of methoxy groups -OCH3 is 1. The number of anilines is 1. The van der Waals surface area contributed by atoms with Gasteiger partial charge in [0.05, 0.1) is 25.7 Å². The van der Waals surface area contributed by atoms with Gasteiger partial charge in [0.2, 0.25) is 0 Å². The van der Waals surface area contributed by atoms with Gasteiger partial charge in [-0.05, 0) is 54.3 Å². The van der Waals surface area contributed by atoms with Crippen molar-refractivity contribution in [3.8, 4) is 11.1 Å². The van der Waals surface area contributed by atoms with Gasteiger partial charge in [-0.1, -0.05) is 50.3 Å². The third kappa shape index (κ3) is 6.96. The molecule has 2 atom stereocenters. The molecule has 3 N–H and O–H groups in total. The first-order valence-electron chi connectivity index (χ1n) is 12.7. The van der Waals surface area contributed by atoms with Crippen molar-refractivity contribution in [3.05, 3.63) is 83.4 Å². The summed E-state index contributed by atoms with van der Waals surface area (Å²) in [6.45, 7) is 6.37. The van der Waals surface area contributed by atoms with Crippen LogP contribution in [0.25, 0.3) is 17.2 Å². The maximum Gasteiger partial charge on any atom is 0.308 e. The predicted molar refractivity (Wildman–Crippen MR) is 146 cm³/mol. The van der Waals surface area contributed by atoms with Crippen LogP contribution in [0.15, 0.2) is 60.7 Å². The SMILES string of the molecule is CCn1c(C=CC(O)CC(O)CC(=O)OC)c(-c2ccc(F)cc2)c(C(C)C)c1C(=O)Nc1ccccc1. The van der Waals surface area contributed by atoms with E-state index in [0.29, 0.717) is 23.6 Å². The maximum atomic E-state index is 13.8. The van der Waals surface area contributed by atoms with E-state index in [1.54, 1.807) is 18.2 Å². The lowest BCUT2D eigenvalue weighted by Crippen LogP contribution is -2.20. The molecule has 1 heterocycles. The Balaban J connectivity index is 2.11. The standard InChI is InChI=1S/C30H35FN2O5/c1-5-33-25(16-15-23(34)17-24(35)18-26(36)38-4)28(20-11-13-21(31)14-12-20)27(19(2)3)29(33)30(37)32-22-9-7-6-8-10-22/h6-16,19,23-24,34-35H,5,17-18H2,1-4H3,(H,32,37). The predicted octanol–water partition coefficient (Wildman–Crippen LogP) is 5.38. The van der Waals surface area contributed by atoms with E-state index in [0.717, 1.165) is 16.7 Å². The highest BCUT2D eigenvalue weighted by atomic mass is 19.1. The normalized spacial score (nSPS) is 13.1. The van der Waals surface area contributed by atoms with E-state index in [1.807, 2.05) is 55.7 Å². The number of hydrogen-bond acceptors (Lipinski definition) is 5. The van der Waals surface area contributed by atoms with Gasteiger partial charge in [0.25, 0.3) is 5.91 Å². The molecule has 0 spiro atoms. The third-order valence-electron chi connectivity index (χ3n) is 6.23. The Morgan fingerprint density at radius 3 is 2.32 bits per heavy atom. The van der Waals surface area contributed by atoms with Crippen LogP contribution in [0.3, 0.4) is 0 Å². The summed E-state index contributed by atoms with van der Waals surface area (Å²) in [5, 5.41) is 23.7. The average molecular weight is 523 g/mol. The van der Waals surface area contributed by atoms with Crippen molar-refractivity contribution in [1.82, 2.24) is 4.57 Å². The van der Waals surface area contributed by atoms with Gasteiger partial charge in [0, 0.05) is 29.9 Å². The highest BCUT2D eigenvalue weighted by Gasteiger charge is 2.28. The Morgan fingerprint density at radius 2 is 1.74 bits per heavy atom. The topological polar surface area (TPSA) is 101 Å². The number of carbonyl (C=O) groups is 2. The monoisotopic (exact) mass is 522 g/mol. The van der Waals surface area contributed by atoms with Crippen LogP contribution in [0.1, 0.15) is 61.3 Å². The van der Waals surface area contributed by atoms with E-state index in [4.69, 9.17) is 0 Å². The summed E-state index contributed by atoms with van der Waals surface area (Å²) in [4.78, 5) is 25.1. The molecule has 0 aliphatic rings. The molecule has 0 radical (unpaired) electrons. The number of benzene rings is 2. The smallest absolute Gasteiger partial charge is 0.308 e. The number of aromatic nitrogens is 1. The Kier molecular flexibility index (Phi) is 9.98. The minimum Gasteiger partial charge on any atom is -0.469 e. The number of ether oxygens (including phenoxy) is 1. The fraction of sp³-hybridized carbons (Fsp3) is 0.333. The van der Waals surface area contributed by atoms with Crippen LogP contribution in [-0.4, -0.2) is 46.0 Å². The summed E-state index contributed by atoms with van der Waals surface area (Å²) in [6.07, 6.45) is 0.813. The van der Waals surface area contributed by atoms with Crippen LogP contribution in [0, 0.1) is 5.82 Å². The second-order valence-electron chi connectivity index (χ2n) is 9.34. The van der Waals surface area contributed by atoms with Gasteiger partial charge in [0.15, 0.2) is 0 Å². The molecule has 0 aliphatic carbocycles. The van der Waals surface area contributed by atoms with Crippen molar-refractivity contribution >= 4 is 23.6 Å². The lowest BCUT2D eigenvalue weighted by atomic mass is 9.92. The van der Waals surface area contributed by atoms with Gasteiger partial charge in [-0.3, -0.25) is 9.59 Å². The average Bonchev–Trinajstić information content (AvgIpc) is 3.23. The number of aliphatic hydroxyl groups is 2. The number of nitrogens with zero attached hydrogens (tertiary/aromatic N) is 1. The van der Waals surface area contributed by atoms with Crippen LogP contribution in [0.4, 0.5) is 10.1 Å². The van der Waals surface area contributed by atoms with E-state index in [9.17, 15) is 24.2 Å². The zero-order valence-electron chi connectivity index (χ0n) is 22.1. The van der Waals surface area contributed by atoms with Crippen molar-refractivity contribution in [3.63, 3.8) is 0 Å². The van der Waals surface area contributed by atoms with Crippen LogP contribution < -0.4 is 5.32 Å². The summed E-state index contributed by atoms with van der Waals surface area (Å²) < 4.78 is 20.2. The van der Waals surface area contributed by atoms with Crippen LogP contribution in [0.5, 0.6) is 0 Å². The number of nitrogens with one attached hydrogen (secondary N) is 1. The molecule has 0 saturated carbocycles. The molecule has 3 rings (SSSR count). The minimum atomic E-state index is -1.07. The first kappa shape index (κ1) is 28.8.